The minimum atomic E-state index is -0.936. The van der Waals surface area contributed by atoms with Gasteiger partial charge in [0.25, 0.3) is 5.91 Å². The van der Waals surface area contributed by atoms with Gasteiger partial charge in [-0.15, -0.1) is 0 Å². The smallest absolute Gasteiger partial charge is 0.312 e. The first-order valence-corrected chi connectivity index (χ1v) is 8.73. The Kier molecular flexibility index (Phi) is 3.63. The van der Waals surface area contributed by atoms with Crippen LogP contribution in [0.1, 0.15) is 56.7 Å². The van der Waals surface area contributed by atoms with E-state index < -0.39 is 17.0 Å². The van der Waals surface area contributed by atoms with Gasteiger partial charge in [-0.25, -0.2) is 0 Å². The number of aromatic nitrogens is 2. The third kappa shape index (κ3) is 2.33. The number of carbonyl (C=O) groups is 2. The van der Waals surface area contributed by atoms with Crippen molar-refractivity contribution in [1.82, 2.24) is 15.1 Å². The molecule has 0 spiro atoms. The van der Waals surface area contributed by atoms with Crippen molar-refractivity contribution in [3.05, 3.63) is 18.0 Å². The minimum absolute atomic E-state index is 0.135. The lowest BCUT2D eigenvalue weighted by Gasteiger charge is -2.40. The van der Waals surface area contributed by atoms with Crippen LogP contribution in [0.3, 0.4) is 0 Å². The lowest BCUT2D eigenvalue weighted by molar-refractivity contribution is -0.158. The SMILES string of the molecule is O=C(O)C12COC(C(=O)NCc3ccnn3C3CCCCC3)(C1)C2. The number of ether oxygens (including phenoxy) is 1. The summed E-state index contributed by atoms with van der Waals surface area (Å²) in [4.78, 5) is 23.8. The highest BCUT2D eigenvalue weighted by Crippen LogP contribution is 2.58. The first-order chi connectivity index (χ1) is 11.5. The van der Waals surface area contributed by atoms with Crippen LogP contribution in [0.15, 0.2) is 12.3 Å². The Labute approximate surface area is 140 Å². The van der Waals surface area contributed by atoms with Gasteiger partial charge in [0, 0.05) is 19.0 Å². The van der Waals surface area contributed by atoms with Crippen LogP contribution >= 0.6 is 0 Å². The van der Waals surface area contributed by atoms with Crippen LogP contribution in [0.25, 0.3) is 0 Å². The maximum Gasteiger partial charge on any atom is 0.312 e. The summed E-state index contributed by atoms with van der Waals surface area (Å²) >= 11 is 0. The predicted octanol–water partition coefficient (Wildman–Crippen LogP) is 1.64. The molecule has 3 heterocycles. The van der Waals surface area contributed by atoms with Crippen LogP contribution < -0.4 is 5.32 Å². The van der Waals surface area contributed by atoms with Gasteiger partial charge in [0.1, 0.15) is 5.60 Å². The topological polar surface area (TPSA) is 93.4 Å². The van der Waals surface area contributed by atoms with Crippen molar-refractivity contribution in [1.29, 1.82) is 0 Å². The van der Waals surface area contributed by atoms with Crippen molar-refractivity contribution in [2.24, 2.45) is 5.41 Å². The first kappa shape index (κ1) is 15.6. The zero-order valence-corrected chi connectivity index (χ0v) is 13.7. The average molecular weight is 333 g/mol. The van der Waals surface area contributed by atoms with Gasteiger partial charge in [-0.2, -0.15) is 5.10 Å². The Balaban J connectivity index is 1.37. The molecule has 0 aromatic carbocycles. The standard InChI is InChI=1S/C17H23N3O4/c21-14(17-9-16(10-17,11-24-17)15(22)23)18-8-13-6-7-19-20(13)12-4-2-1-3-5-12/h6-7,12H,1-5,8-11H2,(H,18,21)(H,22,23). The van der Waals surface area contributed by atoms with Crippen LogP contribution in [0, 0.1) is 5.41 Å². The number of carbonyl (C=O) groups excluding carboxylic acids is 1. The summed E-state index contributed by atoms with van der Waals surface area (Å²) in [6.45, 7) is 0.538. The van der Waals surface area contributed by atoms with Crippen molar-refractivity contribution >= 4 is 11.9 Å². The third-order valence-corrected chi connectivity index (χ3v) is 5.84. The molecule has 2 saturated heterocycles. The molecule has 0 atom stereocenters. The fourth-order valence-electron chi connectivity index (χ4n) is 4.43. The van der Waals surface area contributed by atoms with Gasteiger partial charge >= 0.3 is 5.97 Å². The summed E-state index contributed by atoms with van der Waals surface area (Å²) in [5.74, 6) is -1.06. The normalized spacial score (nSPS) is 32.3. The van der Waals surface area contributed by atoms with Crippen molar-refractivity contribution < 1.29 is 19.4 Å². The Morgan fingerprint density at radius 2 is 2.08 bits per heavy atom. The molecule has 1 aromatic heterocycles. The number of hydrogen-bond acceptors (Lipinski definition) is 4. The molecule has 130 valence electrons. The Morgan fingerprint density at radius 3 is 2.75 bits per heavy atom. The number of carboxylic acid groups (broad SMARTS) is 1. The maximum absolute atomic E-state index is 12.5. The summed E-state index contributed by atoms with van der Waals surface area (Å²) < 4.78 is 7.58. The van der Waals surface area contributed by atoms with Crippen LogP contribution in [-0.2, 0) is 20.9 Å². The van der Waals surface area contributed by atoms with E-state index in [-0.39, 0.29) is 25.4 Å². The monoisotopic (exact) mass is 333 g/mol. The van der Waals surface area contributed by atoms with E-state index in [1.807, 2.05) is 10.7 Å². The van der Waals surface area contributed by atoms with E-state index in [9.17, 15) is 14.7 Å². The quantitative estimate of drug-likeness (QED) is 0.854. The first-order valence-electron chi connectivity index (χ1n) is 8.73. The maximum atomic E-state index is 12.5. The van der Waals surface area contributed by atoms with Crippen LogP contribution in [-0.4, -0.2) is 39.0 Å². The molecule has 0 unspecified atom stereocenters. The van der Waals surface area contributed by atoms with Gasteiger partial charge in [-0.05, 0) is 18.9 Å². The lowest BCUT2D eigenvalue weighted by atomic mass is 9.62. The number of fused-ring (bicyclic) bond motifs is 1. The third-order valence-electron chi connectivity index (χ3n) is 5.84. The molecule has 5 rings (SSSR count). The van der Waals surface area contributed by atoms with Gasteiger partial charge in [0.15, 0.2) is 0 Å². The zero-order valence-electron chi connectivity index (χ0n) is 13.7. The molecule has 2 aliphatic carbocycles. The highest BCUT2D eigenvalue weighted by atomic mass is 16.5. The largest absolute Gasteiger partial charge is 0.481 e. The highest BCUT2D eigenvalue weighted by Gasteiger charge is 2.70. The Hall–Kier alpha value is -1.89. The molecule has 7 heteroatoms. The number of amides is 1. The molecular weight excluding hydrogens is 310 g/mol. The van der Waals surface area contributed by atoms with E-state index in [0.29, 0.717) is 12.6 Å². The van der Waals surface area contributed by atoms with Gasteiger partial charge in [0.05, 0.1) is 30.3 Å². The number of aliphatic carboxylic acids is 1. The predicted molar refractivity (Wildman–Crippen MR) is 84.2 cm³/mol. The molecule has 1 aromatic rings. The van der Waals surface area contributed by atoms with E-state index in [0.717, 1.165) is 18.5 Å². The molecule has 7 nitrogen and oxygen atoms in total. The van der Waals surface area contributed by atoms with E-state index in [4.69, 9.17) is 4.74 Å². The molecule has 2 saturated carbocycles. The average Bonchev–Trinajstić information content (AvgIpc) is 3.26. The highest BCUT2D eigenvalue weighted by molar-refractivity contribution is 5.92. The van der Waals surface area contributed by atoms with E-state index >= 15 is 0 Å². The summed E-state index contributed by atoms with van der Waals surface area (Å²) in [6, 6.07) is 2.36. The molecule has 4 aliphatic rings. The van der Waals surface area contributed by atoms with Crippen molar-refractivity contribution in [3.8, 4) is 0 Å². The van der Waals surface area contributed by atoms with Crippen LogP contribution in [0.4, 0.5) is 0 Å². The van der Waals surface area contributed by atoms with E-state index in [2.05, 4.69) is 10.4 Å². The molecule has 24 heavy (non-hydrogen) atoms. The second-order valence-corrected chi connectivity index (χ2v) is 7.46. The zero-order chi connectivity index (χ0) is 16.8. The fraction of sp³-hybridized carbons (Fsp3) is 0.706. The summed E-state index contributed by atoms with van der Waals surface area (Å²) in [5.41, 5.74) is -0.788. The summed E-state index contributed by atoms with van der Waals surface area (Å²) in [5, 5.41) is 16.6. The second kappa shape index (κ2) is 5.58. The Bertz CT molecular complexity index is 657. The van der Waals surface area contributed by atoms with E-state index in [1.54, 1.807) is 6.20 Å². The van der Waals surface area contributed by atoms with Gasteiger partial charge < -0.3 is 15.2 Å². The van der Waals surface area contributed by atoms with Gasteiger partial charge in [-0.1, -0.05) is 19.3 Å². The summed E-state index contributed by atoms with van der Waals surface area (Å²) in [6.07, 6.45) is 8.35. The van der Waals surface area contributed by atoms with E-state index in [1.165, 1.54) is 19.3 Å². The number of hydrogen-bond donors (Lipinski definition) is 2. The number of rotatable bonds is 5. The second-order valence-electron chi connectivity index (χ2n) is 7.46. The fourth-order valence-corrected chi connectivity index (χ4v) is 4.43. The summed E-state index contributed by atoms with van der Waals surface area (Å²) in [7, 11) is 0. The Morgan fingerprint density at radius 1 is 1.33 bits per heavy atom. The number of nitrogens with one attached hydrogen (secondary N) is 1. The molecule has 2 bridgehead atoms. The van der Waals surface area contributed by atoms with Crippen molar-refractivity contribution in [2.75, 3.05) is 6.61 Å². The minimum Gasteiger partial charge on any atom is -0.481 e. The van der Waals surface area contributed by atoms with Gasteiger partial charge in [-0.3, -0.25) is 14.3 Å². The molecular formula is C17H23N3O4. The molecule has 2 aliphatic heterocycles. The van der Waals surface area contributed by atoms with Crippen LogP contribution in [0.5, 0.6) is 0 Å². The number of carboxylic acids is 1. The molecule has 0 radical (unpaired) electrons. The molecule has 4 fully saturated rings. The van der Waals surface area contributed by atoms with Gasteiger partial charge in [0.2, 0.25) is 0 Å². The van der Waals surface area contributed by atoms with Crippen molar-refractivity contribution in [3.63, 3.8) is 0 Å². The van der Waals surface area contributed by atoms with Crippen molar-refractivity contribution in [2.45, 2.75) is 63.1 Å². The van der Waals surface area contributed by atoms with Crippen LogP contribution in [0.2, 0.25) is 0 Å². The molecule has 2 N–H and O–H groups in total. The number of nitrogens with zero attached hydrogens (tertiary/aromatic N) is 2. The lowest BCUT2D eigenvalue weighted by Crippen LogP contribution is -2.57. The molecule has 1 amide bonds.